The molecule has 0 spiro atoms. The van der Waals surface area contributed by atoms with Gasteiger partial charge in [0, 0.05) is 0 Å². The lowest BCUT2D eigenvalue weighted by Gasteiger charge is -2.21. The molecule has 0 radical (unpaired) electrons. The van der Waals surface area contributed by atoms with E-state index in [1.165, 1.54) is 6.92 Å². The van der Waals surface area contributed by atoms with Crippen molar-refractivity contribution in [3.8, 4) is 0 Å². The topological polar surface area (TPSA) is 18.5 Å². The summed E-state index contributed by atoms with van der Waals surface area (Å²) >= 11 is 0. The van der Waals surface area contributed by atoms with Crippen molar-refractivity contribution in [2.45, 2.75) is 38.3 Å². The average molecular weight is 184 g/mol. The Morgan fingerprint density at radius 3 is 2.33 bits per heavy atom. The molecule has 1 aliphatic rings. The highest BCUT2D eigenvalue weighted by atomic mass is 19.4. The molecule has 0 aromatic rings. The van der Waals surface area contributed by atoms with Crippen LogP contribution < -0.4 is 0 Å². The van der Waals surface area contributed by atoms with Crippen LogP contribution in [0, 0.1) is 0 Å². The third kappa shape index (κ3) is 1.90. The zero-order valence-corrected chi connectivity index (χ0v) is 6.94. The molecular formula is C7H11F3O2. The van der Waals surface area contributed by atoms with Crippen molar-refractivity contribution in [2.75, 3.05) is 6.61 Å². The standard InChI is InChI=1S/C7H11F3O2/c1-3-6(2)11-4-5(12-6)7(8,9)10/h5H,3-4H2,1-2H3/t5-,6-/m0/s1. The van der Waals surface area contributed by atoms with Gasteiger partial charge >= 0.3 is 6.18 Å². The molecule has 1 aliphatic heterocycles. The third-order valence-electron chi connectivity index (χ3n) is 1.94. The van der Waals surface area contributed by atoms with Gasteiger partial charge in [0.2, 0.25) is 0 Å². The van der Waals surface area contributed by atoms with Gasteiger partial charge in [-0.25, -0.2) is 0 Å². The van der Waals surface area contributed by atoms with E-state index in [4.69, 9.17) is 9.47 Å². The maximum absolute atomic E-state index is 12.0. The Hall–Kier alpha value is -0.290. The molecule has 1 fully saturated rings. The first-order valence-electron chi connectivity index (χ1n) is 3.76. The molecule has 1 saturated heterocycles. The number of rotatable bonds is 1. The van der Waals surface area contributed by atoms with Crippen LogP contribution >= 0.6 is 0 Å². The van der Waals surface area contributed by atoms with E-state index in [1.54, 1.807) is 6.92 Å². The molecule has 5 heteroatoms. The maximum Gasteiger partial charge on any atom is 0.417 e. The lowest BCUT2D eigenvalue weighted by Crippen LogP contribution is -2.33. The Bertz CT molecular complexity index is 169. The SMILES string of the molecule is CC[C@@]1(C)OC[C@@H](C(F)(F)F)O1. The second-order valence-electron chi connectivity index (χ2n) is 2.95. The van der Waals surface area contributed by atoms with Gasteiger partial charge in [-0.05, 0) is 13.3 Å². The molecule has 0 aromatic heterocycles. The van der Waals surface area contributed by atoms with E-state index in [0.717, 1.165) is 0 Å². The van der Waals surface area contributed by atoms with Crippen molar-refractivity contribution in [3.05, 3.63) is 0 Å². The maximum atomic E-state index is 12.0. The Morgan fingerprint density at radius 1 is 1.50 bits per heavy atom. The van der Waals surface area contributed by atoms with Crippen LogP contribution in [0.15, 0.2) is 0 Å². The van der Waals surface area contributed by atoms with Gasteiger partial charge < -0.3 is 9.47 Å². The largest absolute Gasteiger partial charge is 0.417 e. The van der Waals surface area contributed by atoms with Crippen LogP contribution in [-0.2, 0) is 9.47 Å². The number of halogens is 3. The summed E-state index contributed by atoms with van der Waals surface area (Å²) in [7, 11) is 0. The molecule has 1 heterocycles. The summed E-state index contributed by atoms with van der Waals surface area (Å²) in [5.41, 5.74) is 0. The minimum absolute atomic E-state index is 0.395. The molecule has 0 bridgehead atoms. The molecule has 0 N–H and O–H groups in total. The van der Waals surface area contributed by atoms with Gasteiger partial charge in [-0.15, -0.1) is 0 Å². The summed E-state index contributed by atoms with van der Waals surface area (Å²) in [6.45, 7) is 2.84. The van der Waals surface area contributed by atoms with Crippen molar-refractivity contribution in [2.24, 2.45) is 0 Å². The second-order valence-corrected chi connectivity index (χ2v) is 2.95. The lowest BCUT2D eigenvalue weighted by atomic mass is 10.2. The minimum Gasteiger partial charge on any atom is -0.347 e. The quantitative estimate of drug-likeness (QED) is 0.621. The van der Waals surface area contributed by atoms with E-state index in [-0.39, 0.29) is 0 Å². The van der Waals surface area contributed by atoms with Gasteiger partial charge in [-0.3, -0.25) is 0 Å². The molecule has 1 rings (SSSR count). The van der Waals surface area contributed by atoms with Crippen molar-refractivity contribution in [1.29, 1.82) is 0 Å². The molecule has 0 unspecified atom stereocenters. The summed E-state index contributed by atoms with van der Waals surface area (Å²) in [5, 5.41) is 0. The van der Waals surface area contributed by atoms with E-state index in [2.05, 4.69) is 0 Å². The van der Waals surface area contributed by atoms with Crippen LogP contribution in [0.2, 0.25) is 0 Å². The molecule has 0 aliphatic carbocycles. The van der Waals surface area contributed by atoms with Gasteiger partial charge in [0.1, 0.15) is 0 Å². The highest BCUT2D eigenvalue weighted by molar-refractivity contribution is 4.78. The second kappa shape index (κ2) is 2.88. The van der Waals surface area contributed by atoms with Crippen LogP contribution in [0.25, 0.3) is 0 Å². The van der Waals surface area contributed by atoms with Crippen molar-refractivity contribution < 1.29 is 22.6 Å². The number of ether oxygens (including phenoxy) is 2. The Labute approximate surface area is 68.6 Å². The van der Waals surface area contributed by atoms with Crippen molar-refractivity contribution in [3.63, 3.8) is 0 Å². The predicted octanol–water partition coefficient (Wildman–Crippen LogP) is 2.09. The first kappa shape index (κ1) is 9.80. The van der Waals surface area contributed by atoms with Crippen LogP contribution in [-0.4, -0.2) is 24.7 Å². The summed E-state index contributed by atoms with van der Waals surface area (Å²) in [5.74, 6) is -1.06. The van der Waals surface area contributed by atoms with Crippen LogP contribution in [0.1, 0.15) is 20.3 Å². The monoisotopic (exact) mass is 184 g/mol. The van der Waals surface area contributed by atoms with E-state index < -0.39 is 24.7 Å². The van der Waals surface area contributed by atoms with Gasteiger partial charge in [0.25, 0.3) is 0 Å². The number of alkyl halides is 3. The van der Waals surface area contributed by atoms with Crippen molar-refractivity contribution >= 4 is 0 Å². The van der Waals surface area contributed by atoms with Gasteiger partial charge in [-0.1, -0.05) is 6.92 Å². The van der Waals surface area contributed by atoms with E-state index in [0.29, 0.717) is 6.42 Å². The molecule has 0 amide bonds. The van der Waals surface area contributed by atoms with Gasteiger partial charge in [0.15, 0.2) is 11.9 Å². The van der Waals surface area contributed by atoms with Crippen LogP contribution in [0.5, 0.6) is 0 Å². The Balaban J connectivity index is 2.57. The first-order valence-corrected chi connectivity index (χ1v) is 3.76. The fourth-order valence-electron chi connectivity index (χ4n) is 0.968. The van der Waals surface area contributed by atoms with E-state index in [1.807, 2.05) is 0 Å². The fraction of sp³-hybridized carbons (Fsp3) is 1.00. The molecule has 72 valence electrons. The highest BCUT2D eigenvalue weighted by Gasteiger charge is 2.50. The normalized spacial score (nSPS) is 37.2. The summed E-state index contributed by atoms with van der Waals surface area (Å²) in [6.07, 6.45) is -5.66. The summed E-state index contributed by atoms with van der Waals surface area (Å²) < 4.78 is 45.7. The average Bonchev–Trinajstić information content (AvgIpc) is 2.32. The fourth-order valence-corrected chi connectivity index (χ4v) is 0.968. The van der Waals surface area contributed by atoms with Gasteiger partial charge in [-0.2, -0.15) is 13.2 Å². The van der Waals surface area contributed by atoms with Crippen LogP contribution in [0.4, 0.5) is 13.2 Å². The van der Waals surface area contributed by atoms with Gasteiger partial charge in [0.05, 0.1) is 6.61 Å². The molecule has 0 saturated carbocycles. The van der Waals surface area contributed by atoms with Crippen LogP contribution in [0.3, 0.4) is 0 Å². The third-order valence-corrected chi connectivity index (χ3v) is 1.94. The lowest BCUT2D eigenvalue weighted by molar-refractivity contribution is -0.237. The smallest absolute Gasteiger partial charge is 0.347 e. The molecular weight excluding hydrogens is 173 g/mol. The molecule has 0 aromatic carbocycles. The molecule has 2 atom stereocenters. The predicted molar refractivity (Wildman–Crippen MR) is 35.6 cm³/mol. The number of hydrogen-bond acceptors (Lipinski definition) is 2. The Kier molecular flexibility index (Phi) is 2.35. The highest BCUT2D eigenvalue weighted by Crippen LogP contribution is 2.34. The first-order chi connectivity index (χ1) is 5.37. The van der Waals surface area contributed by atoms with E-state index >= 15 is 0 Å². The van der Waals surface area contributed by atoms with E-state index in [9.17, 15) is 13.2 Å². The number of hydrogen-bond donors (Lipinski definition) is 0. The minimum atomic E-state index is -4.31. The zero-order chi connectivity index (χ0) is 9.41. The summed E-state index contributed by atoms with van der Waals surface area (Å²) in [4.78, 5) is 0. The van der Waals surface area contributed by atoms with Crippen molar-refractivity contribution in [1.82, 2.24) is 0 Å². The molecule has 12 heavy (non-hydrogen) atoms. The molecule has 2 nitrogen and oxygen atoms in total. The zero-order valence-electron chi connectivity index (χ0n) is 6.94. The Morgan fingerprint density at radius 2 is 2.08 bits per heavy atom. The summed E-state index contributed by atoms with van der Waals surface area (Å²) in [6, 6.07) is 0.